The summed E-state index contributed by atoms with van der Waals surface area (Å²) in [7, 11) is 4.66. The van der Waals surface area contributed by atoms with Gasteiger partial charge in [-0.2, -0.15) is 0 Å². The molecule has 0 aromatic heterocycles. The molecule has 0 radical (unpaired) electrons. The monoisotopic (exact) mass is 426 g/mol. The molecule has 2 amide bonds. The molecule has 2 N–H and O–H groups in total. The third-order valence-corrected chi connectivity index (χ3v) is 5.22. The normalized spacial score (nSPS) is 13.8. The van der Waals surface area contributed by atoms with Crippen molar-refractivity contribution in [2.45, 2.75) is 44.2 Å². The van der Waals surface area contributed by atoms with Crippen LogP contribution in [0.4, 0.5) is 0 Å². The molecule has 1 unspecified atom stereocenters. The zero-order chi connectivity index (χ0) is 22.2. The number of benzene rings is 2. The van der Waals surface area contributed by atoms with Gasteiger partial charge in [0.25, 0.3) is 0 Å². The van der Waals surface area contributed by atoms with E-state index in [9.17, 15) is 9.59 Å². The van der Waals surface area contributed by atoms with Crippen LogP contribution in [0.25, 0.3) is 0 Å². The average Bonchev–Trinajstić information content (AvgIpc) is 3.61. The highest BCUT2D eigenvalue weighted by Crippen LogP contribution is 2.38. The Kier molecular flexibility index (Phi) is 7.76. The highest BCUT2D eigenvalue weighted by molar-refractivity contribution is 5.88. The molecule has 7 heteroatoms. The highest BCUT2D eigenvalue weighted by atomic mass is 16.5. The van der Waals surface area contributed by atoms with Crippen LogP contribution in [0.1, 0.15) is 30.4 Å². The summed E-state index contributed by atoms with van der Waals surface area (Å²) in [4.78, 5) is 25.3. The fourth-order valence-corrected chi connectivity index (χ4v) is 3.39. The van der Waals surface area contributed by atoms with Crippen molar-refractivity contribution in [2.24, 2.45) is 0 Å². The summed E-state index contributed by atoms with van der Waals surface area (Å²) in [5.41, 5.74) is 1.88. The van der Waals surface area contributed by atoms with E-state index in [0.29, 0.717) is 30.1 Å². The molecule has 31 heavy (non-hydrogen) atoms. The minimum Gasteiger partial charge on any atom is -0.493 e. The minimum atomic E-state index is -0.601. The van der Waals surface area contributed by atoms with Gasteiger partial charge in [0.05, 0.1) is 21.3 Å². The molecule has 0 heterocycles. The lowest BCUT2D eigenvalue weighted by Gasteiger charge is -2.19. The predicted molar refractivity (Wildman–Crippen MR) is 118 cm³/mol. The van der Waals surface area contributed by atoms with Gasteiger partial charge >= 0.3 is 0 Å². The molecule has 166 valence electrons. The largest absolute Gasteiger partial charge is 0.493 e. The third-order valence-electron chi connectivity index (χ3n) is 5.22. The van der Waals surface area contributed by atoms with E-state index in [4.69, 9.17) is 14.2 Å². The molecule has 1 atom stereocenters. The maximum absolute atomic E-state index is 12.7. The van der Waals surface area contributed by atoms with E-state index in [0.717, 1.165) is 24.0 Å². The zero-order valence-corrected chi connectivity index (χ0v) is 18.3. The first-order chi connectivity index (χ1) is 15.0. The number of rotatable bonds is 11. The maximum Gasteiger partial charge on any atom is 0.243 e. The van der Waals surface area contributed by atoms with Gasteiger partial charge in [0.2, 0.25) is 17.6 Å². The van der Waals surface area contributed by atoms with E-state index in [-0.39, 0.29) is 24.3 Å². The molecule has 3 rings (SSSR count). The summed E-state index contributed by atoms with van der Waals surface area (Å²) < 4.78 is 16.1. The molecule has 0 saturated heterocycles. The zero-order valence-electron chi connectivity index (χ0n) is 18.3. The Morgan fingerprint density at radius 2 is 1.61 bits per heavy atom. The van der Waals surface area contributed by atoms with Crippen molar-refractivity contribution in [1.29, 1.82) is 0 Å². The van der Waals surface area contributed by atoms with Crippen LogP contribution in [0.2, 0.25) is 0 Å². The first kappa shape index (κ1) is 22.5. The SMILES string of the molecule is COc1cc(CCC(=O)NC(Cc2ccccc2)C(=O)NC2CC2)cc(OC)c1OC. The number of amides is 2. The van der Waals surface area contributed by atoms with Crippen molar-refractivity contribution >= 4 is 11.8 Å². The second kappa shape index (κ2) is 10.7. The number of methoxy groups -OCH3 is 3. The van der Waals surface area contributed by atoms with Crippen LogP contribution in [0.3, 0.4) is 0 Å². The van der Waals surface area contributed by atoms with Gasteiger partial charge in [-0.25, -0.2) is 0 Å². The number of aryl methyl sites for hydroxylation is 1. The molecule has 1 fully saturated rings. The highest BCUT2D eigenvalue weighted by Gasteiger charge is 2.28. The molecule has 0 aliphatic heterocycles. The summed E-state index contributed by atoms with van der Waals surface area (Å²) in [6.07, 6.45) is 3.17. The molecular weight excluding hydrogens is 396 g/mol. The van der Waals surface area contributed by atoms with Gasteiger partial charge in [0, 0.05) is 18.9 Å². The van der Waals surface area contributed by atoms with Crippen molar-refractivity contribution in [3.63, 3.8) is 0 Å². The van der Waals surface area contributed by atoms with E-state index >= 15 is 0 Å². The number of ether oxygens (including phenoxy) is 3. The number of hydrogen-bond donors (Lipinski definition) is 2. The Balaban J connectivity index is 1.64. The van der Waals surface area contributed by atoms with E-state index in [2.05, 4.69) is 10.6 Å². The molecular formula is C24H30N2O5. The van der Waals surface area contributed by atoms with Crippen LogP contribution in [-0.4, -0.2) is 45.2 Å². The van der Waals surface area contributed by atoms with Gasteiger partial charge in [-0.1, -0.05) is 30.3 Å². The lowest BCUT2D eigenvalue weighted by atomic mass is 10.0. The number of hydrogen-bond acceptors (Lipinski definition) is 5. The molecule has 7 nitrogen and oxygen atoms in total. The number of carbonyl (C=O) groups excluding carboxylic acids is 2. The standard InChI is InChI=1S/C24H30N2O5/c1-29-20-14-17(15-21(30-2)23(20)31-3)9-12-22(27)26-19(24(28)25-18-10-11-18)13-16-7-5-4-6-8-16/h4-8,14-15,18-19H,9-13H2,1-3H3,(H,25,28)(H,26,27). The number of carbonyl (C=O) groups is 2. The molecule has 0 bridgehead atoms. The smallest absolute Gasteiger partial charge is 0.243 e. The van der Waals surface area contributed by atoms with Crippen molar-refractivity contribution in [1.82, 2.24) is 10.6 Å². The molecule has 1 saturated carbocycles. The van der Waals surface area contributed by atoms with Crippen LogP contribution in [0.5, 0.6) is 17.2 Å². The van der Waals surface area contributed by atoms with Crippen molar-refractivity contribution in [3.8, 4) is 17.2 Å². The maximum atomic E-state index is 12.7. The van der Waals surface area contributed by atoms with E-state index in [1.54, 1.807) is 21.3 Å². The van der Waals surface area contributed by atoms with Crippen LogP contribution in [-0.2, 0) is 22.4 Å². The van der Waals surface area contributed by atoms with Crippen molar-refractivity contribution in [3.05, 3.63) is 53.6 Å². The van der Waals surface area contributed by atoms with Gasteiger partial charge in [0.15, 0.2) is 11.5 Å². The van der Waals surface area contributed by atoms with Gasteiger partial charge < -0.3 is 24.8 Å². The van der Waals surface area contributed by atoms with Gasteiger partial charge in [-0.05, 0) is 42.5 Å². The predicted octanol–water partition coefficient (Wildman–Crippen LogP) is 2.65. The molecule has 2 aromatic rings. The van der Waals surface area contributed by atoms with Crippen LogP contribution in [0.15, 0.2) is 42.5 Å². The Hall–Kier alpha value is -3.22. The summed E-state index contributed by atoms with van der Waals surface area (Å²) >= 11 is 0. The van der Waals surface area contributed by atoms with Crippen molar-refractivity contribution < 1.29 is 23.8 Å². The second-order valence-electron chi connectivity index (χ2n) is 7.63. The lowest BCUT2D eigenvalue weighted by molar-refractivity contribution is -0.129. The third kappa shape index (κ3) is 6.38. The summed E-state index contributed by atoms with van der Waals surface area (Å²) in [6.45, 7) is 0. The minimum absolute atomic E-state index is 0.132. The first-order valence-corrected chi connectivity index (χ1v) is 10.5. The second-order valence-corrected chi connectivity index (χ2v) is 7.63. The van der Waals surface area contributed by atoms with Gasteiger partial charge in [0.1, 0.15) is 6.04 Å². The van der Waals surface area contributed by atoms with Crippen LogP contribution in [0, 0.1) is 0 Å². The molecule has 0 spiro atoms. The summed E-state index contributed by atoms with van der Waals surface area (Å²) in [6, 6.07) is 13.0. The fraction of sp³-hybridized carbons (Fsp3) is 0.417. The summed E-state index contributed by atoms with van der Waals surface area (Å²) in [5.74, 6) is 1.29. The Bertz CT molecular complexity index is 871. The van der Waals surface area contributed by atoms with E-state index in [1.165, 1.54) is 0 Å². The Labute approximate surface area is 183 Å². The molecule has 1 aliphatic carbocycles. The summed E-state index contributed by atoms with van der Waals surface area (Å²) in [5, 5.41) is 5.91. The first-order valence-electron chi connectivity index (χ1n) is 10.5. The quantitative estimate of drug-likeness (QED) is 0.577. The molecule has 2 aromatic carbocycles. The lowest BCUT2D eigenvalue weighted by Crippen LogP contribution is -2.48. The van der Waals surface area contributed by atoms with Crippen LogP contribution >= 0.6 is 0 Å². The van der Waals surface area contributed by atoms with Gasteiger partial charge in [-0.3, -0.25) is 9.59 Å². The Morgan fingerprint density at radius 3 is 2.16 bits per heavy atom. The fourth-order valence-electron chi connectivity index (χ4n) is 3.39. The Morgan fingerprint density at radius 1 is 0.968 bits per heavy atom. The van der Waals surface area contributed by atoms with Crippen molar-refractivity contribution in [2.75, 3.05) is 21.3 Å². The van der Waals surface area contributed by atoms with E-state index in [1.807, 2.05) is 42.5 Å². The topological polar surface area (TPSA) is 85.9 Å². The molecule has 1 aliphatic rings. The average molecular weight is 427 g/mol. The van der Waals surface area contributed by atoms with Crippen LogP contribution < -0.4 is 24.8 Å². The number of nitrogens with one attached hydrogen (secondary N) is 2. The van der Waals surface area contributed by atoms with Gasteiger partial charge in [-0.15, -0.1) is 0 Å². The van der Waals surface area contributed by atoms with E-state index < -0.39 is 6.04 Å².